The number of fused-ring (bicyclic) bond motifs is 2. The maximum Gasteiger partial charge on any atom is 0.0284 e. The predicted octanol–water partition coefficient (Wildman–Crippen LogP) is 1.27. The highest BCUT2D eigenvalue weighted by Gasteiger charge is 2.31. The molecule has 0 N–H and O–H groups in total. The Morgan fingerprint density at radius 3 is 2.78 bits per heavy atom. The summed E-state index contributed by atoms with van der Waals surface area (Å²) in [6.45, 7) is 4.79. The summed E-state index contributed by atoms with van der Waals surface area (Å²) >= 11 is 0. The molecule has 1 heteroatoms. The van der Waals surface area contributed by atoms with Crippen LogP contribution in [0.2, 0.25) is 0 Å². The van der Waals surface area contributed by atoms with Gasteiger partial charge in [0.15, 0.2) is 0 Å². The van der Waals surface area contributed by atoms with E-state index >= 15 is 0 Å². The summed E-state index contributed by atoms with van der Waals surface area (Å²) in [6.07, 6.45) is 6.13. The van der Waals surface area contributed by atoms with Gasteiger partial charge < -0.3 is 0 Å². The average Bonchev–Trinajstić information content (AvgIpc) is 2.45. The molecule has 0 radical (unpaired) electrons. The van der Waals surface area contributed by atoms with Crippen LogP contribution in [0.3, 0.4) is 0 Å². The maximum absolute atomic E-state index is 2.55. The molecule has 1 fully saturated rings. The molecule has 2 bridgehead atoms. The molecule has 2 rings (SSSR count). The van der Waals surface area contributed by atoms with Crippen LogP contribution in [0, 0.1) is 5.92 Å². The number of nitrogens with zero attached hydrogens (tertiary/aromatic N) is 1. The molecule has 0 aromatic heterocycles. The monoisotopic (exact) mass is 123 g/mol. The predicted molar refractivity (Wildman–Crippen MR) is 38.3 cm³/mol. The van der Waals surface area contributed by atoms with Crippen LogP contribution in [-0.4, -0.2) is 24.0 Å². The fourth-order valence-corrected chi connectivity index (χ4v) is 1.96. The molecule has 2 aliphatic rings. The first-order chi connectivity index (χ1) is 4.40. The lowest BCUT2D eigenvalue weighted by Gasteiger charge is -2.20. The second kappa shape index (κ2) is 1.84. The summed E-state index contributed by atoms with van der Waals surface area (Å²) < 4.78 is 0. The van der Waals surface area contributed by atoms with Gasteiger partial charge in [0.25, 0.3) is 0 Å². The van der Waals surface area contributed by atoms with Gasteiger partial charge in [0, 0.05) is 12.6 Å². The van der Waals surface area contributed by atoms with Crippen LogP contribution in [-0.2, 0) is 0 Å². The lowest BCUT2D eigenvalue weighted by Crippen LogP contribution is -2.28. The fourth-order valence-electron chi connectivity index (χ4n) is 1.96. The lowest BCUT2D eigenvalue weighted by molar-refractivity contribution is 0.295. The zero-order chi connectivity index (χ0) is 6.27. The zero-order valence-corrected chi connectivity index (χ0v) is 5.88. The van der Waals surface area contributed by atoms with Gasteiger partial charge in [-0.15, -0.1) is 0 Å². The number of hydrogen-bond donors (Lipinski definition) is 0. The minimum atomic E-state index is 0.806. The fraction of sp³-hybridized carbons (Fsp3) is 0.750. The van der Waals surface area contributed by atoms with E-state index in [0.717, 1.165) is 12.0 Å². The molecule has 0 aromatic rings. The molecule has 2 unspecified atom stereocenters. The van der Waals surface area contributed by atoms with Gasteiger partial charge in [-0.3, -0.25) is 4.90 Å². The van der Waals surface area contributed by atoms with Crippen molar-refractivity contribution in [2.45, 2.75) is 19.4 Å². The van der Waals surface area contributed by atoms with E-state index in [9.17, 15) is 0 Å². The molecule has 1 saturated heterocycles. The topological polar surface area (TPSA) is 3.24 Å². The summed E-state index contributed by atoms with van der Waals surface area (Å²) in [4.78, 5) is 2.55. The first-order valence-corrected chi connectivity index (χ1v) is 3.82. The quantitative estimate of drug-likeness (QED) is 0.474. The number of likely N-dealkylation sites (N-methyl/N-ethyl adjacent to an activating group) is 1. The third-order valence-electron chi connectivity index (χ3n) is 2.49. The van der Waals surface area contributed by atoms with Crippen LogP contribution in [0.4, 0.5) is 0 Å². The van der Waals surface area contributed by atoms with Gasteiger partial charge in [-0.05, 0) is 18.9 Å². The second-order valence-electron chi connectivity index (χ2n) is 3.04. The van der Waals surface area contributed by atoms with E-state index in [1.807, 2.05) is 0 Å². The van der Waals surface area contributed by atoms with Crippen LogP contribution >= 0.6 is 0 Å². The highest BCUT2D eigenvalue weighted by molar-refractivity contribution is 5.12. The summed E-state index contributed by atoms with van der Waals surface area (Å²) in [5.41, 5.74) is 0. The molecule has 0 spiro atoms. The second-order valence-corrected chi connectivity index (χ2v) is 3.04. The molecule has 0 amide bonds. The van der Waals surface area contributed by atoms with Gasteiger partial charge in [-0.25, -0.2) is 0 Å². The van der Waals surface area contributed by atoms with Gasteiger partial charge in [0.05, 0.1) is 0 Å². The van der Waals surface area contributed by atoms with Gasteiger partial charge >= 0.3 is 0 Å². The van der Waals surface area contributed by atoms with E-state index in [-0.39, 0.29) is 0 Å². The Kier molecular flexibility index (Phi) is 1.12. The Labute approximate surface area is 56.4 Å². The first kappa shape index (κ1) is 5.48. The molecule has 9 heavy (non-hydrogen) atoms. The molecular formula is C8H13N. The molecule has 1 nitrogen and oxygen atoms in total. The largest absolute Gasteiger partial charge is 0.297 e. The normalized spacial score (nSPS) is 40.6. The van der Waals surface area contributed by atoms with Crippen molar-refractivity contribution in [1.82, 2.24) is 4.90 Å². The first-order valence-electron chi connectivity index (χ1n) is 3.82. The van der Waals surface area contributed by atoms with Crippen LogP contribution < -0.4 is 0 Å². The molecule has 50 valence electrons. The van der Waals surface area contributed by atoms with Crippen molar-refractivity contribution < 1.29 is 0 Å². The SMILES string of the molecule is CCN1CC2C=CC1C2. The van der Waals surface area contributed by atoms with Gasteiger partial charge in [-0.1, -0.05) is 19.1 Å². The summed E-state index contributed by atoms with van der Waals surface area (Å²) in [6, 6.07) is 0.806. The highest BCUT2D eigenvalue weighted by Crippen LogP contribution is 2.30. The van der Waals surface area contributed by atoms with Crippen LogP contribution in [0.15, 0.2) is 12.2 Å². The highest BCUT2D eigenvalue weighted by atomic mass is 15.2. The summed E-state index contributed by atoms with van der Waals surface area (Å²) in [5.74, 6) is 0.898. The van der Waals surface area contributed by atoms with E-state index in [1.165, 1.54) is 19.5 Å². The average molecular weight is 123 g/mol. The minimum Gasteiger partial charge on any atom is -0.297 e. The van der Waals surface area contributed by atoms with Crippen molar-refractivity contribution in [3.8, 4) is 0 Å². The molecule has 0 saturated carbocycles. The molecule has 2 atom stereocenters. The van der Waals surface area contributed by atoms with Crippen LogP contribution in [0.25, 0.3) is 0 Å². The minimum absolute atomic E-state index is 0.806. The Hall–Kier alpha value is -0.300. The zero-order valence-electron chi connectivity index (χ0n) is 5.88. The van der Waals surface area contributed by atoms with Gasteiger partial charge in [0.2, 0.25) is 0 Å². The summed E-state index contributed by atoms with van der Waals surface area (Å²) in [7, 11) is 0. The maximum atomic E-state index is 2.55. The van der Waals surface area contributed by atoms with Crippen molar-refractivity contribution in [2.24, 2.45) is 5.92 Å². The number of rotatable bonds is 1. The number of likely N-dealkylation sites (tertiary alicyclic amines) is 1. The lowest BCUT2D eigenvalue weighted by atomic mass is 10.2. The Bertz CT molecular complexity index is 140. The molecule has 1 heterocycles. The number of hydrogen-bond acceptors (Lipinski definition) is 1. The van der Waals surface area contributed by atoms with Crippen LogP contribution in [0.1, 0.15) is 13.3 Å². The molecule has 1 aliphatic heterocycles. The smallest absolute Gasteiger partial charge is 0.0284 e. The molecule has 1 aliphatic carbocycles. The van der Waals surface area contributed by atoms with E-state index in [0.29, 0.717) is 0 Å². The molecular weight excluding hydrogens is 110 g/mol. The van der Waals surface area contributed by atoms with Crippen molar-refractivity contribution in [1.29, 1.82) is 0 Å². The van der Waals surface area contributed by atoms with Crippen molar-refractivity contribution >= 4 is 0 Å². The summed E-state index contributed by atoms with van der Waals surface area (Å²) in [5, 5.41) is 0. The third kappa shape index (κ3) is 0.715. The van der Waals surface area contributed by atoms with Gasteiger partial charge in [0.1, 0.15) is 0 Å². The standard InChI is InChI=1S/C8H13N/c1-2-9-6-7-3-4-8(9)5-7/h3-4,7-8H,2,5-6H2,1H3. The van der Waals surface area contributed by atoms with Gasteiger partial charge in [-0.2, -0.15) is 0 Å². The van der Waals surface area contributed by atoms with Crippen molar-refractivity contribution in [3.63, 3.8) is 0 Å². The Morgan fingerprint density at radius 2 is 2.44 bits per heavy atom. The van der Waals surface area contributed by atoms with E-state index in [4.69, 9.17) is 0 Å². The Balaban J connectivity index is 2.10. The Morgan fingerprint density at radius 1 is 1.56 bits per heavy atom. The van der Waals surface area contributed by atoms with Crippen LogP contribution in [0.5, 0.6) is 0 Å². The van der Waals surface area contributed by atoms with E-state index in [2.05, 4.69) is 24.0 Å². The van der Waals surface area contributed by atoms with E-state index < -0.39 is 0 Å². The van der Waals surface area contributed by atoms with Crippen molar-refractivity contribution in [3.05, 3.63) is 12.2 Å². The van der Waals surface area contributed by atoms with Crippen molar-refractivity contribution in [2.75, 3.05) is 13.1 Å². The van der Waals surface area contributed by atoms with E-state index in [1.54, 1.807) is 0 Å². The third-order valence-corrected chi connectivity index (χ3v) is 2.49. The molecule has 0 aromatic carbocycles.